The van der Waals surface area contributed by atoms with Crippen molar-refractivity contribution in [1.29, 1.82) is 0 Å². The molecule has 1 aromatic carbocycles. The summed E-state index contributed by atoms with van der Waals surface area (Å²) in [5.74, 6) is -0.129. The van der Waals surface area contributed by atoms with Crippen LogP contribution in [0.4, 0.5) is 5.69 Å². The minimum absolute atomic E-state index is 0.0817. The molecule has 0 aliphatic rings. The van der Waals surface area contributed by atoms with Gasteiger partial charge in [0.25, 0.3) is 0 Å². The summed E-state index contributed by atoms with van der Waals surface area (Å²) < 4.78 is 5.35. The molecule has 1 N–H and O–H groups in total. The smallest absolute Gasteiger partial charge is 0.250 e. The van der Waals surface area contributed by atoms with Gasteiger partial charge in [-0.25, -0.2) is 0 Å². The Morgan fingerprint density at radius 3 is 2.40 bits per heavy atom. The van der Waals surface area contributed by atoms with Crippen molar-refractivity contribution in [3.8, 4) is 0 Å². The van der Waals surface area contributed by atoms with Gasteiger partial charge in [0, 0.05) is 5.69 Å². The van der Waals surface area contributed by atoms with Crippen LogP contribution in [-0.2, 0) is 9.53 Å². The maximum Gasteiger partial charge on any atom is 0.250 e. The lowest BCUT2D eigenvalue weighted by atomic mass is 10.2. The number of carbonyl (C=O) groups is 1. The number of rotatable bonds is 3. The molecule has 0 radical (unpaired) electrons. The van der Waals surface area contributed by atoms with Crippen LogP contribution in [-0.4, -0.2) is 18.1 Å². The van der Waals surface area contributed by atoms with E-state index >= 15 is 0 Å². The molecule has 82 valence electrons. The number of benzene rings is 1. The lowest BCUT2D eigenvalue weighted by Gasteiger charge is -2.18. The summed E-state index contributed by atoms with van der Waals surface area (Å²) >= 11 is 0. The summed E-state index contributed by atoms with van der Waals surface area (Å²) in [4.78, 5) is 11.4. The van der Waals surface area contributed by atoms with Gasteiger partial charge in [-0.15, -0.1) is 0 Å². The van der Waals surface area contributed by atoms with Crippen LogP contribution in [0.1, 0.15) is 20.8 Å². The first-order valence-corrected chi connectivity index (χ1v) is 4.96. The Morgan fingerprint density at radius 2 is 1.87 bits per heavy atom. The molecule has 1 amide bonds. The largest absolute Gasteiger partial charge is 0.366 e. The van der Waals surface area contributed by atoms with E-state index in [2.05, 4.69) is 5.32 Å². The van der Waals surface area contributed by atoms with Gasteiger partial charge in [0.2, 0.25) is 5.91 Å². The van der Waals surface area contributed by atoms with E-state index < -0.39 is 0 Å². The first-order valence-electron chi connectivity index (χ1n) is 4.96. The Kier molecular flexibility index (Phi) is 3.86. The molecule has 0 spiro atoms. The van der Waals surface area contributed by atoms with Crippen molar-refractivity contribution in [3.63, 3.8) is 0 Å². The van der Waals surface area contributed by atoms with Crippen LogP contribution in [0.25, 0.3) is 0 Å². The van der Waals surface area contributed by atoms with Gasteiger partial charge in [-0.05, 0) is 32.9 Å². The van der Waals surface area contributed by atoms with E-state index in [4.69, 9.17) is 4.74 Å². The van der Waals surface area contributed by atoms with Gasteiger partial charge in [0.1, 0.15) is 6.61 Å². The van der Waals surface area contributed by atoms with Crippen molar-refractivity contribution in [1.82, 2.24) is 0 Å². The molecule has 0 aliphatic carbocycles. The van der Waals surface area contributed by atoms with Crippen LogP contribution in [0.3, 0.4) is 0 Å². The topological polar surface area (TPSA) is 38.3 Å². The predicted molar refractivity (Wildman–Crippen MR) is 60.8 cm³/mol. The van der Waals surface area contributed by atoms with Crippen molar-refractivity contribution in [2.75, 3.05) is 11.9 Å². The fourth-order valence-electron chi connectivity index (χ4n) is 1.00. The molecule has 1 aromatic rings. The Bertz CT molecular complexity index is 314. The second-order valence-electron chi connectivity index (χ2n) is 4.32. The third-order valence-electron chi connectivity index (χ3n) is 1.69. The highest BCUT2D eigenvalue weighted by Crippen LogP contribution is 2.08. The molecule has 0 saturated heterocycles. The van der Waals surface area contributed by atoms with Crippen LogP contribution < -0.4 is 5.32 Å². The molecule has 0 heterocycles. The Labute approximate surface area is 90.4 Å². The first kappa shape index (κ1) is 11.7. The lowest BCUT2D eigenvalue weighted by Crippen LogP contribution is -2.27. The number of anilines is 1. The molecule has 15 heavy (non-hydrogen) atoms. The number of ether oxygens (including phenoxy) is 1. The molecular formula is C12H17NO2. The monoisotopic (exact) mass is 207 g/mol. The third kappa shape index (κ3) is 5.18. The van der Waals surface area contributed by atoms with Gasteiger partial charge in [0.05, 0.1) is 5.60 Å². The number of amides is 1. The number of hydrogen-bond acceptors (Lipinski definition) is 2. The van der Waals surface area contributed by atoms with E-state index in [0.29, 0.717) is 0 Å². The van der Waals surface area contributed by atoms with Crippen molar-refractivity contribution in [3.05, 3.63) is 30.3 Å². The van der Waals surface area contributed by atoms with E-state index in [1.165, 1.54) is 0 Å². The summed E-state index contributed by atoms with van der Waals surface area (Å²) in [6.07, 6.45) is 0. The zero-order valence-corrected chi connectivity index (χ0v) is 9.41. The highest BCUT2D eigenvalue weighted by atomic mass is 16.5. The van der Waals surface area contributed by atoms with Crippen LogP contribution in [0.15, 0.2) is 30.3 Å². The van der Waals surface area contributed by atoms with E-state index in [1.54, 1.807) is 0 Å². The standard InChI is InChI=1S/C12H17NO2/c1-12(2,3)15-9-11(14)13-10-7-5-4-6-8-10/h4-8H,9H2,1-3H3,(H,13,14). The maximum absolute atomic E-state index is 11.4. The Hall–Kier alpha value is -1.35. The normalized spacial score (nSPS) is 11.1. The second kappa shape index (κ2) is 4.94. The molecule has 0 saturated carbocycles. The molecule has 1 rings (SSSR count). The summed E-state index contributed by atoms with van der Waals surface area (Å²) in [7, 11) is 0. The van der Waals surface area contributed by atoms with E-state index in [9.17, 15) is 4.79 Å². The molecule has 0 unspecified atom stereocenters. The Balaban J connectivity index is 2.38. The van der Waals surface area contributed by atoms with E-state index in [1.807, 2.05) is 51.1 Å². The zero-order valence-electron chi connectivity index (χ0n) is 9.41. The summed E-state index contributed by atoms with van der Waals surface area (Å²) in [5.41, 5.74) is 0.508. The van der Waals surface area contributed by atoms with Crippen molar-refractivity contribution in [2.24, 2.45) is 0 Å². The highest BCUT2D eigenvalue weighted by Gasteiger charge is 2.12. The van der Waals surface area contributed by atoms with Crippen LogP contribution in [0, 0.1) is 0 Å². The van der Waals surface area contributed by atoms with E-state index in [0.717, 1.165) is 5.69 Å². The van der Waals surface area contributed by atoms with Gasteiger partial charge in [-0.2, -0.15) is 0 Å². The SMILES string of the molecule is CC(C)(C)OCC(=O)Nc1ccccc1. The average molecular weight is 207 g/mol. The molecule has 0 atom stereocenters. The predicted octanol–water partition coefficient (Wildman–Crippen LogP) is 2.44. The summed E-state index contributed by atoms with van der Waals surface area (Å²) in [6, 6.07) is 9.34. The van der Waals surface area contributed by atoms with Gasteiger partial charge >= 0.3 is 0 Å². The Morgan fingerprint density at radius 1 is 1.27 bits per heavy atom. The van der Waals surface area contributed by atoms with Crippen LogP contribution >= 0.6 is 0 Å². The molecular weight excluding hydrogens is 190 g/mol. The fourth-order valence-corrected chi connectivity index (χ4v) is 1.00. The van der Waals surface area contributed by atoms with Gasteiger partial charge < -0.3 is 10.1 Å². The number of hydrogen-bond donors (Lipinski definition) is 1. The lowest BCUT2D eigenvalue weighted by molar-refractivity contribution is -0.125. The van der Waals surface area contributed by atoms with Crippen molar-refractivity contribution < 1.29 is 9.53 Å². The van der Waals surface area contributed by atoms with Gasteiger partial charge in [-0.1, -0.05) is 18.2 Å². The van der Waals surface area contributed by atoms with Crippen molar-refractivity contribution >= 4 is 11.6 Å². The average Bonchev–Trinajstić information content (AvgIpc) is 2.15. The molecule has 0 aromatic heterocycles. The molecule has 0 bridgehead atoms. The minimum Gasteiger partial charge on any atom is -0.366 e. The highest BCUT2D eigenvalue weighted by molar-refractivity contribution is 5.91. The first-order chi connectivity index (χ1) is 6.97. The molecule has 0 aliphatic heterocycles. The number of para-hydroxylation sites is 1. The van der Waals surface area contributed by atoms with Crippen LogP contribution in [0.2, 0.25) is 0 Å². The molecule has 3 nitrogen and oxygen atoms in total. The minimum atomic E-state index is -0.284. The number of nitrogens with one attached hydrogen (secondary N) is 1. The fraction of sp³-hybridized carbons (Fsp3) is 0.417. The third-order valence-corrected chi connectivity index (χ3v) is 1.69. The zero-order chi connectivity index (χ0) is 11.3. The molecule has 0 fully saturated rings. The summed E-state index contributed by atoms with van der Waals surface area (Å²) in [6.45, 7) is 5.84. The summed E-state index contributed by atoms with van der Waals surface area (Å²) in [5, 5.41) is 2.75. The second-order valence-corrected chi connectivity index (χ2v) is 4.32. The maximum atomic E-state index is 11.4. The quantitative estimate of drug-likeness (QED) is 0.826. The number of carbonyl (C=O) groups excluding carboxylic acids is 1. The van der Waals surface area contributed by atoms with Crippen molar-refractivity contribution in [2.45, 2.75) is 26.4 Å². The molecule has 3 heteroatoms. The van der Waals surface area contributed by atoms with Gasteiger partial charge in [-0.3, -0.25) is 4.79 Å². The van der Waals surface area contributed by atoms with Gasteiger partial charge in [0.15, 0.2) is 0 Å². The van der Waals surface area contributed by atoms with Crippen LogP contribution in [0.5, 0.6) is 0 Å². The van der Waals surface area contributed by atoms with E-state index in [-0.39, 0.29) is 18.1 Å².